The van der Waals surface area contributed by atoms with E-state index in [0.29, 0.717) is 10.7 Å². The van der Waals surface area contributed by atoms with Gasteiger partial charge in [0.2, 0.25) is 5.91 Å². The van der Waals surface area contributed by atoms with Gasteiger partial charge in [-0.2, -0.15) is 0 Å². The standard InChI is InChI=1S/C21H21ClFN5O2S/c1-27-9-11-28(12-10-27)19-15(22)6-4-8-17(19)24-18(29)13-31-21-26-25-20(30-21)14-5-2-3-7-16(14)23/h2-8H,9-13H2,1H3,(H,24,29). The maximum absolute atomic E-state index is 13.9. The third-order valence-corrected chi connectivity index (χ3v) is 6.04. The molecule has 7 nitrogen and oxygen atoms in total. The summed E-state index contributed by atoms with van der Waals surface area (Å²) in [4.78, 5) is 17.0. The zero-order chi connectivity index (χ0) is 21.8. The molecule has 0 atom stereocenters. The fourth-order valence-electron chi connectivity index (χ4n) is 3.29. The van der Waals surface area contributed by atoms with E-state index in [1.807, 2.05) is 18.2 Å². The number of amides is 1. The van der Waals surface area contributed by atoms with Gasteiger partial charge in [-0.1, -0.05) is 41.6 Å². The average molecular weight is 462 g/mol. The second-order valence-electron chi connectivity index (χ2n) is 7.12. The molecule has 31 heavy (non-hydrogen) atoms. The highest BCUT2D eigenvalue weighted by atomic mass is 35.5. The Balaban J connectivity index is 1.40. The van der Waals surface area contributed by atoms with Crippen LogP contribution in [0.2, 0.25) is 5.02 Å². The van der Waals surface area contributed by atoms with Crippen molar-refractivity contribution >= 4 is 40.6 Å². The molecule has 1 N–H and O–H groups in total. The Hall–Kier alpha value is -2.62. The third kappa shape index (κ3) is 5.17. The first-order valence-electron chi connectivity index (χ1n) is 9.74. The Morgan fingerprint density at radius 3 is 2.71 bits per heavy atom. The van der Waals surface area contributed by atoms with Gasteiger partial charge in [-0.3, -0.25) is 4.79 Å². The molecule has 2 heterocycles. The SMILES string of the molecule is CN1CCN(c2c(Cl)cccc2NC(=O)CSc2nnc(-c3ccccc3F)o2)CC1. The number of carbonyl (C=O) groups excluding carboxylic acids is 1. The molecule has 0 unspecified atom stereocenters. The minimum absolute atomic E-state index is 0.0631. The Labute approximate surface area is 188 Å². The Morgan fingerprint density at radius 1 is 1.16 bits per heavy atom. The van der Waals surface area contributed by atoms with Crippen LogP contribution in [0.3, 0.4) is 0 Å². The number of rotatable bonds is 6. The number of piperazine rings is 1. The van der Waals surface area contributed by atoms with Crippen LogP contribution in [0.1, 0.15) is 0 Å². The summed E-state index contributed by atoms with van der Waals surface area (Å²) in [6.45, 7) is 3.52. The van der Waals surface area contributed by atoms with Gasteiger partial charge in [-0.15, -0.1) is 10.2 Å². The molecule has 0 bridgehead atoms. The number of carbonyl (C=O) groups is 1. The highest BCUT2D eigenvalue weighted by Gasteiger charge is 2.21. The summed E-state index contributed by atoms with van der Waals surface area (Å²) in [7, 11) is 2.08. The van der Waals surface area contributed by atoms with Gasteiger partial charge in [0, 0.05) is 26.2 Å². The second-order valence-corrected chi connectivity index (χ2v) is 8.45. The molecule has 0 radical (unpaired) electrons. The number of hydrogen-bond donors (Lipinski definition) is 1. The van der Waals surface area contributed by atoms with Gasteiger partial charge in [0.15, 0.2) is 0 Å². The van der Waals surface area contributed by atoms with Crippen molar-refractivity contribution < 1.29 is 13.6 Å². The maximum atomic E-state index is 13.9. The summed E-state index contributed by atoms with van der Waals surface area (Å²) in [5, 5.41) is 11.5. The number of thioether (sulfide) groups is 1. The van der Waals surface area contributed by atoms with Crippen molar-refractivity contribution in [3.63, 3.8) is 0 Å². The van der Waals surface area contributed by atoms with Gasteiger partial charge in [0.25, 0.3) is 11.1 Å². The molecular weight excluding hydrogens is 441 g/mol. The van der Waals surface area contributed by atoms with Crippen LogP contribution < -0.4 is 10.2 Å². The first kappa shape index (κ1) is 21.6. The molecule has 10 heteroatoms. The smallest absolute Gasteiger partial charge is 0.277 e. The van der Waals surface area contributed by atoms with E-state index in [4.69, 9.17) is 16.0 Å². The van der Waals surface area contributed by atoms with Crippen molar-refractivity contribution in [2.45, 2.75) is 5.22 Å². The molecule has 1 aromatic heterocycles. The quantitative estimate of drug-likeness (QED) is 0.556. The van der Waals surface area contributed by atoms with Crippen molar-refractivity contribution in [1.82, 2.24) is 15.1 Å². The molecule has 0 aliphatic carbocycles. The van der Waals surface area contributed by atoms with Crippen molar-refractivity contribution in [3.8, 4) is 11.5 Å². The van der Waals surface area contributed by atoms with E-state index in [1.165, 1.54) is 6.07 Å². The number of para-hydroxylation sites is 1. The van der Waals surface area contributed by atoms with Gasteiger partial charge >= 0.3 is 0 Å². The number of anilines is 2. The molecule has 4 rings (SSSR count). The topological polar surface area (TPSA) is 74.5 Å². The van der Waals surface area contributed by atoms with E-state index in [2.05, 4.69) is 32.4 Å². The lowest BCUT2D eigenvalue weighted by atomic mass is 10.2. The minimum Gasteiger partial charge on any atom is -0.411 e. The molecule has 1 saturated heterocycles. The van der Waals surface area contributed by atoms with Gasteiger partial charge in [0.05, 0.1) is 27.7 Å². The van der Waals surface area contributed by atoms with Crippen molar-refractivity contribution in [2.24, 2.45) is 0 Å². The maximum Gasteiger partial charge on any atom is 0.277 e. The number of hydrogen-bond acceptors (Lipinski definition) is 7. The third-order valence-electron chi connectivity index (χ3n) is 4.92. The van der Waals surface area contributed by atoms with E-state index in [-0.39, 0.29) is 28.3 Å². The minimum atomic E-state index is -0.446. The molecule has 3 aromatic rings. The van der Waals surface area contributed by atoms with Crippen molar-refractivity contribution in [3.05, 3.63) is 53.3 Å². The van der Waals surface area contributed by atoms with Crippen molar-refractivity contribution in [2.75, 3.05) is 49.2 Å². The summed E-state index contributed by atoms with van der Waals surface area (Å²) >= 11 is 7.54. The van der Waals surface area contributed by atoms with Crippen LogP contribution in [0, 0.1) is 5.82 Å². The lowest BCUT2D eigenvalue weighted by Gasteiger charge is -2.35. The number of nitrogens with one attached hydrogen (secondary N) is 1. The molecule has 1 aliphatic rings. The van der Waals surface area contributed by atoms with Crippen LogP contribution in [-0.2, 0) is 4.79 Å². The van der Waals surface area contributed by atoms with E-state index in [0.717, 1.165) is 43.6 Å². The van der Waals surface area contributed by atoms with Crippen LogP contribution in [0.15, 0.2) is 52.1 Å². The first-order chi connectivity index (χ1) is 15.0. The Kier molecular flexibility index (Phi) is 6.74. The van der Waals surface area contributed by atoms with E-state index >= 15 is 0 Å². The summed E-state index contributed by atoms with van der Waals surface area (Å²) < 4.78 is 19.4. The fourth-order valence-corrected chi connectivity index (χ4v) is 4.15. The molecule has 0 spiro atoms. The average Bonchev–Trinajstić information content (AvgIpc) is 3.23. The predicted octanol–water partition coefficient (Wildman–Crippen LogP) is 4.01. The van der Waals surface area contributed by atoms with Gasteiger partial charge in [-0.05, 0) is 31.3 Å². The summed E-state index contributed by atoms with van der Waals surface area (Å²) in [6, 6.07) is 11.6. The number of likely N-dealkylation sites (N-methyl/N-ethyl adjacent to an activating group) is 1. The van der Waals surface area contributed by atoms with Crippen LogP contribution in [0.4, 0.5) is 15.8 Å². The van der Waals surface area contributed by atoms with Gasteiger partial charge in [0.1, 0.15) is 5.82 Å². The first-order valence-corrected chi connectivity index (χ1v) is 11.1. The fraction of sp³-hybridized carbons (Fsp3) is 0.286. The zero-order valence-corrected chi connectivity index (χ0v) is 18.4. The lowest BCUT2D eigenvalue weighted by Crippen LogP contribution is -2.44. The molecular formula is C21H21ClFN5O2S. The van der Waals surface area contributed by atoms with E-state index in [9.17, 15) is 9.18 Å². The normalized spacial score (nSPS) is 14.6. The number of halogens is 2. The van der Waals surface area contributed by atoms with Crippen LogP contribution >= 0.6 is 23.4 Å². The summed E-state index contributed by atoms with van der Waals surface area (Å²) in [6.07, 6.45) is 0. The molecule has 1 amide bonds. The van der Waals surface area contributed by atoms with Crippen LogP contribution in [-0.4, -0.2) is 60.0 Å². The van der Waals surface area contributed by atoms with E-state index in [1.54, 1.807) is 18.2 Å². The summed E-state index contributed by atoms with van der Waals surface area (Å²) in [5.74, 6) is -0.535. The highest BCUT2D eigenvalue weighted by Crippen LogP contribution is 2.35. The predicted molar refractivity (Wildman–Crippen MR) is 120 cm³/mol. The van der Waals surface area contributed by atoms with Crippen LogP contribution in [0.5, 0.6) is 0 Å². The Morgan fingerprint density at radius 2 is 1.94 bits per heavy atom. The number of aromatic nitrogens is 2. The van der Waals surface area contributed by atoms with Gasteiger partial charge in [-0.25, -0.2) is 4.39 Å². The van der Waals surface area contributed by atoms with Crippen molar-refractivity contribution in [1.29, 1.82) is 0 Å². The molecule has 1 fully saturated rings. The van der Waals surface area contributed by atoms with Gasteiger partial charge < -0.3 is 19.5 Å². The zero-order valence-electron chi connectivity index (χ0n) is 16.8. The lowest BCUT2D eigenvalue weighted by molar-refractivity contribution is -0.113. The number of nitrogens with zero attached hydrogens (tertiary/aromatic N) is 4. The number of benzene rings is 2. The van der Waals surface area contributed by atoms with Crippen LogP contribution in [0.25, 0.3) is 11.5 Å². The molecule has 2 aromatic carbocycles. The molecule has 0 saturated carbocycles. The molecule has 1 aliphatic heterocycles. The van der Waals surface area contributed by atoms with E-state index < -0.39 is 5.82 Å². The summed E-state index contributed by atoms with van der Waals surface area (Å²) in [5.41, 5.74) is 1.72. The Bertz CT molecular complexity index is 1070. The largest absolute Gasteiger partial charge is 0.411 e. The second kappa shape index (κ2) is 9.67. The molecule has 162 valence electrons. The monoisotopic (exact) mass is 461 g/mol. The highest BCUT2D eigenvalue weighted by molar-refractivity contribution is 7.99.